The lowest BCUT2D eigenvalue weighted by Crippen LogP contribution is -2.54. The minimum atomic E-state index is -4.35. The number of rotatable bonds is 14. The van der Waals surface area contributed by atoms with E-state index in [4.69, 9.17) is 16.3 Å². The summed E-state index contributed by atoms with van der Waals surface area (Å²) < 4.78 is 48.2. The van der Waals surface area contributed by atoms with Gasteiger partial charge in [-0.1, -0.05) is 67.1 Å². The summed E-state index contributed by atoms with van der Waals surface area (Å²) in [5.74, 6) is -1.15. The summed E-state index contributed by atoms with van der Waals surface area (Å²) in [6.45, 7) is 3.07. The van der Waals surface area contributed by atoms with Crippen molar-refractivity contribution in [2.75, 3.05) is 18.0 Å². The number of hydrogen-bond donors (Lipinski definition) is 1. The Morgan fingerprint density at radius 2 is 1.54 bits per heavy atom. The topological polar surface area (TPSA) is 96.0 Å². The first-order valence-corrected chi connectivity index (χ1v) is 16.6. The van der Waals surface area contributed by atoms with Crippen LogP contribution in [0, 0.1) is 5.82 Å². The van der Waals surface area contributed by atoms with Gasteiger partial charge in [-0.15, -0.1) is 0 Å². The van der Waals surface area contributed by atoms with Crippen molar-refractivity contribution in [1.29, 1.82) is 0 Å². The van der Waals surface area contributed by atoms with Crippen molar-refractivity contribution in [2.24, 2.45) is 0 Å². The molecule has 0 bridgehead atoms. The zero-order valence-corrected chi connectivity index (χ0v) is 27.5. The summed E-state index contributed by atoms with van der Waals surface area (Å²) in [5.41, 5.74) is 1.47. The third-order valence-electron chi connectivity index (χ3n) is 7.61. The van der Waals surface area contributed by atoms with E-state index in [1.54, 1.807) is 24.3 Å². The van der Waals surface area contributed by atoms with E-state index in [2.05, 4.69) is 5.32 Å². The van der Waals surface area contributed by atoms with E-state index in [-0.39, 0.29) is 35.5 Å². The highest BCUT2D eigenvalue weighted by Gasteiger charge is 2.35. The molecule has 2 atom stereocenters. The molecule has 0 saturated heterocycles. The first kappa shape index (κ1) is 34.5. The van der Waals surface area contributed by atoms with Gasteiger partial charge in [0.1, 0.15) is 24.2 Å². The number of carbonyl (C=O) groups is 2. The monoisotopic (exact) mass is 665 g/mol. The Labute approximate surface area is 274 Å². The van der Waals surface area contributed by atoms with Crippen LogP contribution in [0.3, 0.4) is 0 Å². The second-order valence-corrected chi connectivity index (χ2v) is 13.1. The highest BCUT2D eigenvalue weighted by atomic mass is 35.5. The van der Waals surface area contributed by atoms with E-state index in [9.17, 15) is 22.4 Å². The summed E-state index contributed by atoms with van der Waals surface area (Å²) in [6, 6.07) is 25.6. The number of hydrogen-bond acceptors (Lipinski definition) is 5. The molecule has 1 N–H and O–H groups in total. The number of carbonyl (C=O) groups excluding carboxylic acids is 2. The highest BCUT2D eigenvalue weighted by molar-refractivity contribution is 7.92. The Balaban J connectivity index is 1.81. The van der Waals surface area contributed by atoms with Crippen LogP contribution < -0.4 is 14.4 Å². The molecule has 4 rings (SSSR count). The molecule has 0 saturated carbocycles. The van der Waals surface area contributed by atoms with Gasteiger partial charge in [0.15, 0.2) is 0 Å². The maximum atomic E-state index is 14.5. The zero-order valence-electron chi connectivity index (χ0n) is 25.9. The van der Waals surface area contributed by atoms with E-state index < -0.39 is 34.3 Å². The van der Waals surface area contributed by atoms with Gasteiger partial charge in [0.25, 0.3) is 10.0 Å². The molecule has 46 heavy (non-hydrogen) atoms. The van der Waals surface area contributed by atoms with Crippen LogP contribution in [0.2, 0.25) is 5.02 Å². The van der Waals surface area contributed by atoms with Crippen molar-refractivity contribution in [3.05, 3.63) is 125 Å². The van der Waals surface area contributed by atoms with Gasteiger partial charge >= 0.3 is 0 Å². The van der Waals surface area contributed by atoms with Crippen molar-refractivity contribution < 1.29 is 27.1 Å². The first-order chi connectivity index (χ1) is 22.0. The predicted molar refractivity (Wildman–Crippen MR) is 178 cm³/mol. The molecule has 0 aliphatic rings. The lowest BCUT2D eigenvalue weighted by molar-refractivity contribution is -0.140. The van der Waals surface area contributed by atoms with Gasteiger partial charge in [-0.05, 0) is 79.1 Å². The molecule has 0 unspecified atom stereocenters. The average molecular weight is 666 g/mol. The SMILES string of the molecule is CC[C@@H](C)NC(=O)[C@@H](Cc1ccccc1)N(Cc1ccccc1Cl)C(=O)CN(c1ccc(F)cc1)S(=O)(=O)c1ccc(OC)cc1. The third kappa shape index (κ3) is 8.64. The van der Waals surface area contributed by atoms with Crippen molar-refractivity contribution in [2.45, 2.75) is 50.2 Å². The molecule has 0 heterocycles. The number of ether oxygens (including phenoxy) is 1. The molecule has 0 radical (unpaired) electrons. The molecular formula is C35H37ClFN3O5S. The van der Waals surface area contributed by atoms with Crippen LogP contribution >= 0.6 is 11.6 Å². The van der Waals surface area contributed by atoms with Crippen LogP contribution in [0.1, 0.15) is 31.4 Å². The lowest BCUT2D eigenvalue weighted by atomic mass is 10.0. The second-order valence-electron chi connectivity index (χ2n) is 10.8. The van der Waals surface area contributed by atoms with Gasteiger partial charge in [-0.2, -0.15) is 0 Å². The molecule has 8 nitrogen and oxygen atoms in total. The fourth-order valence-corrected chi connectivity index (χ4v) is 6.43. The Kier molecular flexibility index (Phi) is 11.8. The van der Waals surface area contributed by atoms with Gasteiger partial charge in [-0.25, -0.2) is 12.8 Å². The van der Waals surface area contributed by atoms with Gasteiger partial charge in [0.05, 0.1) is 17.7 Å². The maximum absolute atomic E-state index is 14.5. The Hall–Kier alpha value is -4.41. The van der Waals surface area contributed by atoms with Crippen molar-refractivity contribution in [1.82, 2.24) is 10.2 Å². The Morgan fingerprint density at radius 1 is 0.913 bits per heavy atom. The molecule has 11 heteroatoms. The van der Waals surface area contributed by atoms with E-state index in [0.717, 1.165) is 22.0 Å². The summed E-state index contributed by atoms with van der Waals surface area (Å²) in [6.07, 6.45) is 0.835. The highest BCUT2D eigenvalue weighted by Crippen LogP contribution is 2.27. The minimum Gasteiger partial charge on any atom is -0.497 e. The second kappa shape index (κ2) is 15.7. The third-order valence-corrected chi connectivity index (χ3v) is 9.77. The fraction of sp³-hybridized carbons (Fsp3) is 0.257. The molecular weight excluding hydrogens is 629 g/mol. The number of benzene rings is 4. The van der Waals surface area contributed by atoms with Crippen LogP contribution in [0.25, 0.3) is 0 Å². The standard InChI is InChI=1S/C35H37ClFN3O5S/c1-4-25(2)38-35(42)33(22-26-10-6-5-7-11-26)39(23-27-12-8-9-13-32(27)36)34(41)24-40(29-16-14-28(37)15-17-29)46(43,44)31-20-18-30(45-3)19-21-31/h5-21,25,33H,4,22-24H2,1-3H3,(H,38,42)/t25-,33-/m1/s1. The molecule has 242 valence electrons. The molecule has 4 aromatic rings. The summed E-state index contributed by atoms with van der Waals surface area (Å²) >= 11 is 6.53. The largest absolute Gasteiger partial charge is 0.497 e. The quantitative estimate of drug-likeness (QED) is 0.172. The Morgan fingerprint density at radius 3 is 2.15 bits per heavy atom. The molecule has 4 aromatic carbocycles. The van der Waals surface area contributed by atoms with Gasteiger partial charge in [0, 0.05) is 24.0 Å². The summed E-state index contributed by atoms with van der Waals surface area (Å²) in [7, 11) is -2.89. The van der Waals surface area contributed by atoms with E-state index in [0.29, 0.717) is 22.8 Å². The molecule has 2 amide bonds. The average Bonchev–Trinajstić information content (AvgIpc) is 3.06. The van der Waals surface area contributed by atoms with Gasteiger partial charge in [0.2, 0.25) is 11.8 Å². The number of sulfonamides is 1. The normalized spacial score (nSPS) is 12.5. The van der Waals surface area contributed by atoms with Gasteiger partial charge in [-0.3, -0.25) is 13.9 Å². The van der Waals surface area contributed by atoms with Crippen molar-refractivity contribution >= 4 is 39.1 Å². The molecule has 0 aliphatic heterocycles. The van der Waals surface area contributed by atoms with Crippen LogP contribution in [0.15, 0.2) is 108 Å². The van der Waals surface area contributed by atoms with Crippen LogP contribution in [-0.4, -0.2) is 50.9 Å². The number of halogens is 2. The number of amides is 2. The number of nitrogens with zero attached hydrogens (tertiary/aromatic N) is 2. The fourth-order valence-electron chi connectivity index (χ4n) is 4.82. The Bertz CT molecular complexity index is 1720. The first-order valence-electron chi connectivity index (χ1n) is 14.8. The lowest BCUT2D eigenvalue weighted by Gasteiger charge is -2.34. The number of anilines is 1. The van der Waals surface area contributed by atoms with E-state index in [1.807, 2.05) is 44.2 Å². The molecule has 0 spiro atoms. The van der Waals surface area contributed by atoms with Crippen LogP contribution in [0.4, 0.5) is 10.1 Å². The van der Waals surface area contributed by atoms with Gasteiger partial charge < -0.3 is 15.0 Å². The van der Waals surface area contributed by atoms with Crippen LogP contribution in [-0.2, 0) is 32.6 Å². The van der Waals surface area contributed by atoms with Crippen LogP contribution in [0.5, 0.6) is 5.75 Å². The van der Waals surface area contributed by atoms with E-state index >= 15 is 0 Å². The summed E-state index contributed by atoms with van der Waals surface area (Å²) in [5, 5.41) is 3.38. The predicted octanol–water partition coefficient (Wildman–Crippen LogP) is 6.24. The number of methoxy groups -OCH3 is 1. The molecule has 0 aromatic heterocycles. The molecule has 0 fully saturated rings. The van der Waals surface area contributed by atoms with E-state index in [1.165, 1.54) is 48.4 Å². The maximum Gasteiger partial charge on any atom is 0.264 e. The summed E-state index contributed by atoms with van der Waals surface area (Å²) in [4.78, 5) is 29.6. The zero-order chi connectivity index (χ0) is 33.3. The minimum absolute atomic E-state index is 0.0657. The van der Waals surface area contributed by atoms with Crippen molar-refractivity contribution in [3.8, 4) is 5.75 Å². The molecule has 0 aliphatic carbocycles. The smallest absolute Gasteiger partial charge is 0.264 e. The van der Waals surface area contributed by atoms with Crippen molar-refractivity contribution in [3.63, 3.8) is 0 Å². The number of nitrogens with one attached hydrogen (secondary N) is 1.